The maximum atomic E-state index is 11.3. The van der Waals surface area contributed by atoms with E-state index in [1.54, 1.807) is 17.1 Å². The molecule has 82 valence electrons. The fourth-order valence-electron chi connectivity index (χ4n) is 1.23. The Labute approximate surface area is 87.3 Å². The number of aliphatic hydroxyl groups excluding tert-OH is 1. The molecule has 1 aliphatic carbocycles. The first-order valence-electron chi connectivity index (χ1n) is 4.99. The van der Waals surface area contributed by atoms with Crippen LogP contribution in [0.3, 0.4) is 0 Å². The normalized spacial score (nSPS) is 15.0. The monoisotopic (exact) mass is 210 g/mol. The van der Waals surface area contributed by atoms with Crippen LogP contribution in [-0.4, -0.2) is 33.6 Å². The molecule has 1 aromatic heterocycles. The number of urea groups is 1. The Kier molecular flexibility index (Phi) is 2.86. The zero-order chi connectivity index (χ0) is 10.7. The summed E-state index contributed by atoms with van der Waals surface area (Å²) in [6.07, 6.45) is 5.37. The van der Waals surface area contributed by atoms with Gasteiger partial charge in [0, 0.05) is 12.2 Å². The third kappa shape index (κ3) is 2.95. The smallest absolute Gasteiger partial charge is 0.319 e. The van der Waals surface area contributed by atoms with Gasteiger partial charge in [0.05, 0.1) is 25.0 Å². The van der Waals surface area contributed by atoms with Gasteiger partial charge in [0.15, 0.2) is 0 Å². The van der Waals surface area contributed by atoms with E-state index in [9.17, 15) is 4.79 Å². The van der Waals surface area contributed by atoms with Crippen molar-refractivity contribution in [1.82, 2.24) is 15.1 Å². The zero-order valence-electron chi connectivity index (χ0n) is 8.31. The van der Waals surface area contributed by atoms with E-state index in [0.717, 1.165) is 12.8 Å². The average molecular weight is 210 g/mol. The van der Waals surface area contributed by atoms with E-state index in [1.807, 2.05) is 0 Å². The number of nitrogens with one attached hydrogen (secondary N) is 2. The molecule has 0 aliphatic heterocycles. The molecular formula is C9H14N4O2. The molecule has 1 aliphatic rings. The topological polar surface area (TPSA) is 79.2 Å². The van der Waals surface area contributed by atoms with E-state index in [-0.39, 0.29) is 12.6 Å². The number of rotatable bonds is 4. The average Bonchev–Trinajstić information content (AvgIpc) is 2.88. The van der Waals surface area contributed by atoms with Crippen LogP contribution in [0.4, 0.5) is 10.5 Å². The minimum Gasteiger partial charge on any atom is -0.394 e. The Hall–Kier alpha value is -1.56. The number of aromatic nitrogens is 2. The molecule has 1 aromatic rings. The number of anilines is 1. The van der Waals surface area contributed by atoms with Crippen molar-refractivity contribution in [2.45, 2.75) is 25.4 Å². The van der Waals surface area contributed by atoms with E-state index in [4.69, 9.17) is 5.11 Å². The molecule has 6 nitrogen and oxygen atoms in total. The Morgan fingerprint density at radius 3 is 3.13 bits per heavy atom. The number of nitrogens with zero attached hydrogens (tertiary/aromatic N) is 2. The first kappa shape index (κ1) is 9.97. The van der Waals surface area contributed by atoms with Crippen LogP contribution in [0.1, 0.15) is 12.8 Å². The standard InChI is InChI=1S/C9H14N4O2/c14-4-3-13-6-8(5-10-13)12-9(15)11-7-1-2-7/h5-7,14H,1-4H2,(H2,11,12,15). The molecule has 2 amide bonds. The lowest BCUT2D eigenvalue weighted by Crippen LogP contribution is -2.30. The lowest BCUT2D eigenvalue weighted by molar-refractivity contribution is 0.251. The molecule has 0 radical (unpaired) electrons. The second kappa shape index (κ2) is 4.31. The quantitative estimate of drug-likeness (QED) is 0.662. The molecule has 1 saturated carbocycles. The second-order valence-corrected chi connectivity index (χ2v) is 3.59. The summed E-state index contributed by atoms with van der Waals surface area (Å²) in [5.74, 6) is 0. The van der Waals surface area contributed by atoms with Crippen LogP contribution in [-0.2, 0) is 6.54 Å². The molecule has 0 unspecified atom stereocenters. The SMILES string of the molecule is O=C(Nc1cnn(CCO)c1)NC1CC1. The lowest BCUT2D eigenvalue weighted by atomic mass is 10.5. The molecule has 15 heavy (non-hydrogen) atoms. The van der Waals surface area contributed by atoms with Gasteiger partial charge in [-0.2, -0.15) is 5.10 Å². The van der Waals surface area contributed by atoms with E-state index in [2.05, 4.69) is 15.7 Å². The first-order valence-corrected chi connectivity index (χ1v) is 4.99. The van der Waals surface area contributed by atoms with Crippen LogP contribution in [0.25, 0.3) is 0 Å². The summed E-state index contributed by atoms with van der Waals surface area (Å²) < 4.78 is 1.58. The summed E-state index contributed by atoms with van der Waals surface area (Å²) in [4.78, 5) is 11.3. The summed E-state index contributed by atoms with van der Waals surface area (Å²) in [6.45, 7) is 0.474. The van der Waals surface area contributed by atoms with Crippen molar-refractivity contribution in [3.05, 3.63) is 12.4 Å². The van der Waals surface area contributed by atoms with Crippen LogP contribution in [0, 0.1) is 0 Å². The van der Waals surface area contributed by atoms with Crippen molar-refractivity contribution in [2.24, 2.45) is 0 Å². The van der Waals surface area contributed by atoms with Crippen molar-refractivity contribution < 1.29 is 9.90 Å². The number of carbonyl (C=O) groups is 1. The fraction of sp³-hybridized carbons (Fsp3) is 0.556. The maximum Gasteiger partial charge on any atom is 0.319 e. The van der Waals surface area contributed by atoms with Crippen molar-refractivity contribution in [2.75, 3.05) is 11.9 Å². The molecule has 0 aromatic carbocycles. The van der Waals surface area contributed by atoms with Gasteiger partial charge in [-0.25, -0.2) is 4.79 Å². The molecule has 0 saturated heterocycles. The highest BCUT2D eigenvalue weighted by Gasteiger charge is 2.23. The number of aliphatic hydroxyl groups is 1. The van der Waals surface area contributed by atoms with E-state index < -0.39 is 0 Å². The van der Waals surface area contributed by atoms with Gasteiger partial charge in [0.2, 0.25) is 0 Å². The molecule has 0 spiro atoms. The van der Waals surface area contributed by atoms with Gasteiger partial charge in [-0.3, -0.25) is 4.68 Å². The molecule has 0 bridgehead atoms. The van der Waals surface area contributed by atoms with Crippen LogP contribution in [0.2, 0.25) is 0 Å². The van der Waals surface area contributed by atoms with Crippen LogP contribution in [0.5, 0.6) is 0 Å². The third-order valence-electron chi connectivity index (χ3n) is 2.13. The van der Waals surface area contributed by atoms with Crippen LogP contribution in [0.15, 0.2) is 12.4 Å². The summed E-state index contributed by atoms with van der Waals surface area (Å²) >= 11 is 0. The first-order chi connectivity index (χ1) is 7.28. The highest BCUT2D eigenvalue weighted by Crippen LogP contribution is 2.18. The molecule has 0 atom stereocenters. The predicted octanol–water partition coefficient (Wildman–Crippen LogP) is 0.159. The highest BCUT2D eigenvalue weighted by atomic mass is 16.3. The number of carbonyl (C=O) groups excluding carboxylic acids is 1. The van der Waals surface area contributed by atoms with Crippen molar-refractivity contribution in [3.8, 4) is 0 Å². The summed E-state index contributed by atoms with van der Waals surface area (Å²) in [5.41, 5.74) is 0.640. The number of hydrogen-bond acceptors (Lipinski definition) is 3. The Bertz CT molecular complexity index is 346. The van der Waals surface area contributed by atoms with Gasteiger partial charge in [0.25, 0.3) is 0 Å². The van der Waals surface area contributed by atoms with Gasteiger partial charge in [-0.05, 0) is 12.8 Å². The third-order valence-corrected chi connectivity index (χ3v) is 2.13. The summed E-state index contributed by atoms with van der Waals surface area (Å²) in [5, 5.41) is 18.1. The van der Waals surface area contributed by atoms with Gasteiger partial charge < -0.3 is 15.7 Å². The second-order valence-electron chi connectivity index (χ2n) is 3.59. The van der Waals surface area contributed by atoms with Crippen molar-refractivity contribution in [3.63, 3.8) is 0 Å². The number of amides is 2. The minimum absolute atomic E-state index is 0.0371. The van der Waals surface area contributed by atoms with E-state index >= 15 is 0 Å². The Balaban J connectivity index is 1.83. The van der Waals surface area contributed by atoms with Crippen LogP contribution >= 0.6 is 0 Å². The van der Waals surface area contributed by atoms with E-state index in [1.165, 1.54) is 0 Å². The van der Waals surface area contributed by atoms with Gasteiger partial charge in [0.1, 0.15) is 0 Å². The van der Waals surface area contributed by atoms with Crippen molar-refractivity contribution in [1.29, 1.82) is 0 Å². The molecule has 1 fully saturated rings. The fourth-order valence-corrected chi connectivity index (χ4v) is 1.23. The lowest BCUT2D eigenvalue weighted by Gasteiger charge is -2.03. The molecule has 6 heteroatoms. The maximum absolute atomic E-state index is 11.3. The minimum atomic E-state index is -0.193. The van der Waals surface area contributed by atoms with Crippen molar-refractivity contribution >= 4 is 11.7 Å². The van der Waals surface area contributed by atoms with Gasteiger partial charge in [-0.1, -0.05) is 0 Å². The van der Waals surface area contributed by atoms with Gasteiger partial charge in [-0.15, -0.1) is 0 Å². The predicted molar refractivity (Wildman–Crippen MR) is 54.5 cm³/mol. The molecule has 3 N–H and O–H groups in total. The largest absolute Gasteiger partial charge is 0.394 e. The molecule has 2 rings (SSSR count). The van der Waals surface area contributed by atoms with E-state index in [0.29, 0.717) is 18.3 Å². The Morgan fingerprint density at radius 2 is 2.47 bits per heavy atom. The molecule has 1 heterocycles. The number of hydrogen-bond donors (Lipinski definition) is 3. The van der Waals surface area contributed by atoms with Crippen LogP contribution < -0.4 is 10.6 Å². The summed E-state index contributed by atoms with van der Waals surface area (Å²) in [7, 11) is 0. The zero-order valence-corrected chi connectivity index (χ0v) is 8.31. The highest BCUT2D eigenvalue weighted by molar-refractivity contribution is 5.89. The molecular weight excluding hydrogens is 196 g/mol. The summed E-state index contributed by atoms with van der Waals surface area (Å²) in [6, 6.07) is 0.151. The Morgan fingerprint density at radius 1 is 1.67 bits per heavy atom. The van der Waals surface area contributed by atoms with Gasteiger partial charge >= 0.3 is 6.03 Å².